The van der Waals surface area contributed by atoms with Crippen molar-refractivity contribution in [3.8, 4) is 6.07 Å². The van der Waals surface area contributed by atoms with E-state index in [0.717, 1.165) is 11.1 Å². The maximum absolute atomic E-state index is 11.8. The molecule has 21 heavy (non-hydrogen) atoms. The van der Waals surface area contributed by atoms with E-state index in [1.54, 1.807) is 29.9 Å². The zero-order valence-electron chi connectivity index (χ0n) is 11.9. The summed E-state index contributed by atoms with van der Waals surface area (Å²) in [5.74, 6) is -0.361. The lowest BCUT2D eigenvalue weighted by molar-refractivity contribution is 0.0515. The van der Waals surface area contributed by atoms with Gasteiger partial charge in [0.1, 0.15) is 5.69 Å². The number of hydrogen-bond donors (Lipinski definition) is 1. The monoisotopic (exact) mass is 283 g/mol. The van der Waals surface area contributed by atoms with E-state index in [9.17, 15) is 4.79 Å². The van der Waals surface area contributed by atoms with Gasteiger partial charge in [-0.3, -0.25) is 4.68 Å². The van der Waals surface area contributed by atoms with Crippen LogP contribution in [0.4, 0.5) is 0 Å². The van der Waals surface area contributed by atoms with Gasteiger partial charge in [0.25, 0.3) is 0 Å². The normalized spacial score (nSPS) is 9.90. The summed E-state index contributed by atoms with van der Waals surface area (Å²) in [4.78, 5) is 11.8. The average Bonchev–Trinajstić information content (AvgIpc) is 2.95. The van der Waals surface area contributed by atoms with E-state index in [1.807, 2.05) is 24.3 Å². The number of nitrogens with zero attached hydrogens (tertiary/aromatic N) is 2. The van der Waals surface area contributed by atoms with Crippen LogP contribution in [-0.4, -0.2) is 17.3 Å². The van der Waals surface area contributed by atoms with Crippen molar-refractivity contribution in [3.63, 3.8) is 0 Å². The van der Waals surface area contributed by atoms with Gasteiger partial charge < -0.3 is 10.2 Å². The molecule has 5 heteroatoms. The van der Waals surface area contributed by atoms with Gasteiger partial charge in [0.2, 0.25) is 0 Å². The Morgan fingerprint density at radius 3 is 2.76 bits per heavy atom. The van der Waals surface area contributed by atoms with Gasteiger partial charge in [-0.25, -0.2) is 4.79 Å². The van der Waals surface area contributed by atoms with Crippen molar-refractivity contribution in [2.75, 3.05) is 12.0 Å². The van der Waals surface area contributed by atoms with Crippen molar-refractivity contribution in [2.45, 2.75) is 19.9 Å². The number of carbonyl (C=O) groups excluding carboxylic acids is 1. The summed E-state index contributed by atoms with van der Waals surface area (Å²) in [6, 6.07) is 13.4. The summed E-state index contributed by atoms with van der Waals surface area (Å²) in [7, 11) is 0. The quantitative estimate of drug-likeness (QED) is 0.827. The summed E-state index contributed by atoms with van der Waals surface area (Å²) in [5, 5.41) is 8.84. The molecule has 2 aromatic rings. The Hall–Kier alpha value is -2.74. The first-order valence-corrected chi connectivity index (χ1v) is 6.78. The molecule has 5 nitrogen and oxygen atoms in total. The first-order valence-electron chi connectivity index (χ1n) is 6.78. The first-order chi connectivity index (χ1) is 10.3. The Morgan fingerprint density at radius 1 is 1.29 bits per heavy atom. The van der Waals surface area contributed by atoms with Gasteiger partial charge in [-0.1, -0.05) is 24.3 Å². The van der Waals surface area contributed by atoms with Crippen LogP contribution in [0.15, 0.2) is 42.6 Å². The Kier molecular flexibility index (Phi) is 4.99. The second-order valence-electron chi connectivity index (χ2n) is 4.42. The lowest BCUT2D eigenvalue weighted by Gasteiger charge is -2.13. The Bertz CT molecular complexity index is 656. The molecule has 108 valence electrons. The zero-order chi connectivity index (χ0) is 15.1. The highest BCUT2D eigenvalue weighted by Gasteiger charge is 2.11. The lowest BCUT2D eigenvalue weighted by Crippen LogP contribution is -2.20. The molecule has 1 N–H and O–H groups in total. The molecule has 0 bridgehead atoms. The fourth-order valence-electron chi connectivity index (χ4n) is 2.05. The van der Waals surface area contributed by atoms with Crippen LogP contribution in [0.5, 0.6) is 0 Å². The third kappa shape index (κ3) is 3.63. The number of nitrogens with one attached hydrogen (secondary N) is 1. The van der Waals surface area contributed by atoms with E-state index >= 15 is 0 Å². The van der Waals surface area contributed by atoms with Crippen LogP contribution in [0.25, 0.3) is 0 Å². The van der Waals surface area contributed by atoms with Gasteiger partial charge in [-0.2, -0.15) is 5.26 Å². The van der Waals surface area contributed by atoms with Gasteiger partial charge in [0, 0.05) is 6.20 Å². The molecule has 2 rings (SSSR count). The molecule has 0 aliphatic rings. The topological polar surface area (TPSA) is 67.0 Å². The summed E-state index contributed by atoms with van der Waals surface area (Å²) >= 11 is 0. The third-order valence-corrected chi connectivity index (χ3v) is 3.06. The van der Waals surface area contributed by atoms with Crippen molar-refractivity contribution >= 4 is 5.97 Å². The maximum Gasteiger partial charge on any atom is 0.356 e. The SMILES string of the molecule is CCOC(=O)c1cccn1NCc1ccccc1CC#N. The molecule has 1 aromatic carbocycles. The lowest BCUT2D eigenvalue weighted by atomic mass is 10.1. The molecule has 0 amide bonds. The molecule has 0 saturated carbocycles. The van der Waals surface area contributed by atoms with Gasteiger partial charge >= 0.3 is 5.97 Å². The van der Waals surface area contributed by atoms with Crippen molar-refractivity contribution in [3.05, 3.63) is 59.4 Å². The van der Waals surface area contributed by atoms with Crippen LogP contribution >= 0.6 is 0 Å². The molecule has 1 heterocycles. The minimum atomic E-state index is -0.361. The number of nitriles is 1. The highest BCUT2D eigenvalue weighted by atomic mass is 16.5. The number of benzene rings is 1. The molecule has 0 unspecified atom stereocenters. The van der Waals surface area contributed by atoms with E-state index in [1.165, 1.54) is 0 Å². The van der Waals surface area contributed by atoms with Crippen LogP contribution in [0.1, 0.15) is 28.5 Å². The largest absolute Gasteiger partial charge is 0.461 e. The van der Waals surface area contributed by atoms with Gasteiger partial charge in [-0.15, -0.1) is 0 Å². The summed E-state index contributed by atoms with van der Waals surface area (Å²) in [6.45, 7) is 2.64. The van der Waals surface area contributed by atoms with Crippen molar-refractivity contribution in [1.82, 2.24) is 4.68 Å². The average molecular weight is 283 g/mol. The maximum atomic E-state index is 11.8. The molecule has 0 atom stereocenters. The van der Waals surface area contributed by atoms with Crippen LogP contribution in [0, 0.1) is 11.3 Å². The van der Waals surface area contributed by atoms with Crippen molar-refractivity contribution in [2.24, 2.45) is 0 Å². The van der Waals surface area contributed by atoms with Crippen LogP contribution in [0.2, 0.25) is 0 Å². The first kappa shape index (κ1) is 14.7. The number of ether oxygens (including phenoxy) is 1. The Balaban J connectivity index is 2.09. The molecule has 0 saturated heterocycles. The molecule has 0 fully saturated rings. The Morgan fingerprint density at radius 2 is 2.05 bits per heavy atom. The van der Waals surface area contributed by atoms with Crippen LogP contribution in [-0.2, 0) is 17.7 Å². The van der Waals surface area contributed by atoms with E-state index in [0.29, 0.717) is 25.3 Å². The van der Waals surface area contributed by atoms with Crippen molar-refractivity contribution < 1.29 is 9.53 Å². The number of esters is 1. The molecule has 0 spiro atoms. The fourth-order valence-corrected chi connectivity index (χ4v) is 2.05. The second kappa shape index (κ2) is 7.15. The highest BCUT2D eigenvalue weighted by molar-refractivity contribution is 5.87. The summed E-state index contributed by atoms with van der Waals surface area (Å²) in [6.07, 6.45) is 2.13. The van der Waals surface area contributed by atoms with E-state index < -0.39 is 0 Å². The predicted octanol–water partition coefficient (Wildman–Crippen LogP) is 2.47. The third-order valence-electron chi connectivity index (χ3n) is 3.06. The van der Waals surface area contributed by atoms with Gasteiger partial charge in [0.05, 0.1) is 25.6 Å². The molecule has 0 radical (unpaired) electrons. The molecule has 0 aliphatic heterocycles. The Labute approximate surface area is 123 Å². The van der Waals surface area contributed by atoms with Crippen molar-refractivity contribution in [1.29, 1.82) is 5.26 Å². The minimum absolute atomic E-state index is 0.342. The van der Waals surface area contributed by atoms with E-state index in [-0.39, 0.29) is 5.97 Å². The highest BCUT2D eigenvalue weighted by Crippen LogP contribution is 2.10. The number of rotatable bonds is 6. The van der Waals surface area contributed by atoms with Crippen LogP contribution in [0.3, 0.4) is 0 Å². The van der Waals surface area contributed by atoms with Crippen LogP contribution < -0.4 is 5.43 Å². The molecule has 1 aromatic heterocycles. The predicted molar refractivity (Wildman–Crippen MR) is 79.2 cm³/mol. The summed E-state index contributed by atoms with van der Waals surface area (Å²) < 4.78 is 6.64. The number of aromatic nitrogens is 1. The standard InChI is InChI=1S/C16H17N3O2/c1-2-21-16(20)15-8-5-11-19(15)18-12-14-7-4-3-6-13(14)9-10-17/h3-8,11,18H,2,9,12H2,1H3. The van der Waals surface area contributed by atoms with Gasteiger partial charge in [0.15, 0.2) is 0 Å². The zero-order valence-corrected chi connectivity index (χ0v) is 11.9. The van der Waals surface area contributed by atoms with E-state index in [2.05, 4.69) is 11.5 Å². The molecular weight excluding hydrogens is 266 g/mol. The van der Waals surface area contributed by atoms with Gasteiger partial charge in [-0.05, 0) is 30.2 Å². The number of carbonyl (C=O) groups is 1. The van der Waals surface area contributed by atoms with E-state index in [4.69, 9.17) is 10.00 Å². The smallest absolute Gasteiger partial charge is 0.356 e. The fraction of sp³-hybridized carbons (Fsp3) is 0.250. The molecule has 0 aliphatic carbocycles. The minimum Gasteiger partial charge on any atom is -0.461 e. The molecular formula is C16H17N3O2. The number of hydrogen-bond acceptors (Lipinski definition) is 4. The second-order valence-corrected chi connectivity index (χ2v) is 4.42. The summed E-state index contributed by atoms with van der Waals surface area (Å²) in [5.41, 5.74) is 5.62.